The highest BCUT2D eigenvalue weighted by Crippen LogP contribution is 2.41. The number of aromatic nitrogens is 2. The van der Waals surface area contributed by atoms with Crippen LogP contribution in [0.4, 0.5) is 0 Å². The van der Waals surface area contributed by atoms with Crippen LogP contribution in [0.3, 0.4) is 0 Å². The largest absolute Gasteiger partial charge is 0.251 e. The highest BCUT2D eigenvalue weighted by atomic mass is 14.8. The molecule has 0 radical (unpaired) electrons. The maximum absolute atomic E-state index is 5.40. The minimum Gasteiger partial charge on any atom is -0.251 e. The van der Waals surface area contributed by atoms with E-state index in [-0.39, 0.29) is 0 Å². The lowest BCUT2D eigenvalue weighted by atomic mass is 9.84. The second-order valence-corrected chi connectivity index (χ2v) is 12.5. The lowest BCUT2D eigenvalue weighted by Crippen LogP contribution is -2.07. The van der Waals surface area contributed by atoms with Gasteiger partial charge in [0.1, 0.15) is 0 Å². The van der Waals surface area contributed by atoms with Gasteiger partial charge in [-0.2, -0.15) is 0 Å². The van der Waals surface area contributed by atoms with Gasteiger partial charge in [-0.3, -0.25) is 9.97 Å². The van der Waals surface area contributed by atoms with Crippen molar-refractivity contribution < 1.29 is 0 Å². The molecule has 7 aromatic rings. The highest BCUT2D eigenvalue weighted by molar-refractivity contribution is 6.08. The lowest BCUT2D eigenvalue weighted by molar-refractivity contribution is 0.437. The second-order valence-electron chi connectivity index (χ2n) is 12.5. The van der Waals surface area contributed by atoms with Crippen molar-refractivity contribution in [2.45, 2.75) is 44.9 Å². The van der Waals surface area contributed by atoms with Crippen molar-refractivity contribution in [3.05, 3.63) is 145 Å². The molecule has 0 saturated heterocycles. The van der Waals surface area contributed by atoms with Crippen LogP contribution in [0.25, 0.3) is 66.3 Å². The quantitative estimate of drug-likeness (QED) is 0.189. The number of hydrogen-bond acceptors (Lipinski definition) is 2. The SMILES string of the molecule is Cc1ccc2ccc3c(-c4cc(-c5ccccc5)cc(-c5cccc(-c6ccccc6)c5)c4)cc(C4CCCCC4)nc3c2n1. The van der Waals surface area contributed by atoms with Gasteiger partial charge in [0, 0.05) is 28.1 Å². The molecule has 0 unspecified atom stereocenters. The third kappa shape index (κ3) is 5.42. The molecular formula is C43H36N2. The Hall–Kier alpha value is -5.08. The molecule has 0 N–H and O–H groups in total. The summed E-state index contributed by atoms with van der Waals surface area (Å²) in [6.45, 7) is 2.07. The fraction of sp³-hybridized carbons (Fsp3) is 0.163. The summed E-state index contributed by atoms with van der Waals surface area (Å²) in [6, 6.07) is 48.6. The number of rotatable bonds is 5. The Kier molecular flexibility index (Phi) is 7.19. The molecule has 0 bridgehead atoms. The van der Waals surface area contributed by atoms with Crippen LogP contribution in [0.5, 0.6) is 0 Å². The molecule has 0 amide bonds. The zero-order valence-electron chi connectivity index (χ0n) is 25.7. The fourth-order valence-electron chi connectivity index (χ4n) is 7.09. The summed E-state index contributed by atoms with van der Waals surface area (Å²) in [4.78, 5) is 10.4. The van der Waals surface area contributed by atoms with Gasteiger partial charge in [0.25, 0.3) is 0 Å². The van der Waals surface area contributed by atoms with E-state index < -0.39 is 0 Å². The number of hydrogen-bond donors (Lipinski definition) is 0. The molecule has 0 aliphatic heterocycles. The van der Waals surface area contributed by atoms with Gasteiger partial charge in [-0.1, -0.05) is 116 Å². The van der Waals surface area contributed by atoms with Crippen LogP contribution in [0, 0.1) is 6.92 Å². The van der Waals surface area contributed by atoms with E-state index in [0.717, 1.165) is 27.5 Å². The van der Waals surface area contributed by atoms with Crippen LogP contribution < -0.4 is 0 Å². The molecule has 0 atom stereocenters. The van der Waals surface area contributed by atoms with Gasteiger partial charge < -0.3 is 0 Å². The van der Waals surface area contributed by atoms with Crippen LogP contribution in [-0.4, -0.2) is 9.97 Å². The van der Waals surface area contributed by atoms with Crippen LogP contribution >= 0.6 is 0 Å². The topological polar surface area (TPSA) is 25.8 Å². The van der Waals surface area contributed by atoms with E-state index in [1.807, 2.05) is 0 Å². The molecule has 2 aromatic heterocycles. The maximum atomic E-state index is 5.40. The predicted molar refractivity (Wildman–Crippen MR) is 189 cm³/mol. The van der Waals surface area contributed by atoms with Gasteiger partial charge >= 0.3 is 0 Å². The lowest BCUT2D eigenvalue weighted by Gasteiger charge is -2.23. The first-order valence-corrected chi connectivity index (χ1v) is 16.3. The Morgan fingerprint density at radius 1 is 0.467 bits per heavy atom. The van der Waals surface area contributed by atoms with Gasteiger partial charge in [-0.15, -0.1) is 0 Å². The first kappa shape index (κ1) is 27.5. The zero-order valence-corrected chi connectivity index (χ0v) is 25.7. The molecule has 2 heteroatoms. The molecule has 1 fully saturated rings. The third-order valence-corrected chi connectivity index (χ3v) is 9.48. The molecular weight excluding hydrogens is 544 g/mol. The van der Waals surface area contributed by atoms with E-state index in [9.17, 15) is 0 Å². The Labute approximate surface area is 265 Å². The van der Waals surface area contributed by atoms with Crippen molar-refractivity contribution in [1.29, 1.82) is 0 Å². The van der Waals surface area contributed by atoms with Crippen LogP contribution in [-0.2, 0) is 0 Å². The van der Waals surface area contributed by atoms with E-state index in [1.54, 1.807) is 0 Å². The maximum Gasteiger partial charge on any atom is 0.0974 e. The molecule has 1 saturated carbocycles. The summed E-state index contributed by atoms with van der Waals surface area (Å²) in [5.41, 5.74) is 14.0. The molecule has 2 nitrogen and oxygen atoms in total. The standard InChI is InChI=1S/C43H36N2/c1-29-20-21-33-22-23-39-40(28-41(32-16-9-4-10-17-32)45-43(39)42(33)44-29)38-26-36(31-14-7-3-8-15-31)25-37(27-38)35-19-11-18-34(24-35)30-12-5-2-6-13-30/h2-3,5-8,11-15,18-28,32H,4,9-10,16-17H2,1H3. The normalized spacial score (nSPS) is 13.8. The van der Waals surface area contributed by atoms with Gasteiger partial charge in [-0.05, 0) is 101 Å². The third-order valence-electron chi connectivity index (χ3n) is 9.48. The molecule has 2 heterocycles. The first-order chi connectivity index (χ1) is 22.2. The van der Waals surface area contributed by atoms with Crippen LogP contribution in [0.2, 0.25) is 0 Å². The van der Waals surface area contributed by atoms with Crippen molar-refractivity contribution in [3.63, 3.8) is 0 Å². The van der Waals surface area contributed by atoms with Crippen molar-refractivity contribution in [3.8, 4) is 44.5 Å². The van der Waals surface area contributed by atoms with Gasteiger partial charge in [0.15, 0.2) is 0 Å². The molecule has 0 spiro atoms. The second kappa shape index (κ2) is 11.8. The first-order valence-electron chi connectivity index (χ1n) is 16.3. The smallest absolute Gasteiger partial charge is 0.0974 e. The molecule has 1 aliphatic carbocycles. The number of aryl methyl sites for hydroxylation is 1. The number of benzene rings is 5. The molecule has 1 aliphatic rings. The average Bonchev–Trinajstić information content (AvgIpc) is 3.12. The van der Waals surface area contributed by atoms with Crippen molar-refractivity contribution >= 4 is 21.8 Å². The van der Waals surface area contributed by atoms with E-state index in [0.29, 0.717) is 5.92 Å². The number of pyridine rings is 2. The summed E-state index contributed by atoms with van der Waals surface area (Å²) >= 11 is 0. The summed E-state index contributed by atoms with van der Waals surface area (Å²) in [5.74, 6) is 0.487. The van der Waals surface area contributed by atoms with E-state index in [1.165, 1.54) is 82.3 Å². The number of fused-ring (bicyclic) bond motifs is 3. The van der Waals surface area contributed by atoms with Gasteiger partial charge in [0.05, 0.1) is 11.0 Å². The Morgan fingerprint density at radius 3 is 1.78 bits per heavy atom. The Bertz CT molecular complexity index is 2140. The Balaban J connectivity index is 1.38. The summed E-state index contributed by atoms with van der Waals surface area (Å²) in [5, 5.41) is 2.30. The molecule has 5 aromatic carbocycles. The molecule has 8 rings (SSSR count). The van der Waals surface area contributed by atoms with Crippen molar-refractivity contribution in [2.24, 2.45) is 0 Å². The molecule has 218 valence electrons. The monoisotopic (exact) mass is 580 g/mol. The van der Waals surface area contributed by atoms with Crippen LogP contribution in [0.1, 0.15) is 49.4 Å². The van der Waals surface area contributed by atoms with E-state index in [2.05, 4.69) is 140 Å². The predicted octanol–water partition coefficient (Wildman–Crippen LogP) is 11.8. The Morgan fingerprint density at radius 2 is 1.04 bits per heavy atom. The summed E-state index contributed by atoms with van der Waals surface area (Å²) < 4.78 is 0. The minimum absolute atomic E-state index is 0.487. The van der Waals surface area contributed by atoms with Gasteiger partial charge in [0.2, 0.25) is 0 Å². The van der Waals surface area contributed by atoms with Gasteiger partial charge in [-0.25, -0.2) is 0 Å². The van der Waals surface area contributed by atoms with E-state index >= 15 is 0 Å². The highest BCUT2D eigenvalue weighted by Gasteiger charge is 2.21. The van der Waals surface area contributed by atoms with Crippen molar-refractivity contribution in [1.82, 2.24) is 9.97 Å². The van der Waals surface area contributed by atoms with Crippen LogP contribution in [0.15, 0.2) is 133 Å². The minimum atomic E-state index is 0.487. The zero-order chi connectivity index (χ0) is 30.2. The van der Waals surface area contributed by atoms with E-state index in [4.69, 9.17) is 9.97 Å². The van der Waals surface area contributed by atoms with Crippen molar-refractivity contribution in [2.75, 3.05) is 0 Å². The molecule has 45 heavy (non-hydrogen) atoms. The summed E-state index contributed by atoms with van der Waals surface area (Å²) in [7, 11) is 0. The fourth-order valence-corrected chi connectivity index (χ4v) is 7.09. The average molecular weight is 581 g/mol. The summed E-state index contributed by atoms with van der Waals surface area (Å²) in [6.07, 6.45) is 6.29. The number of nitrogens with zero attached hydrogens (tertiary/aromatic N) is 2.